The molecule has 1 aliphatic rings. The number of hydrogen-bond donors (Lipinski definition) is 1. The van der Waals surface area contributed by atoms with Crippen LogP contribution in [-0.2, 0) is 6.42 Å². The Labute approximate surface area is 117 Å². The normalized spacial score (nSPS) is 16.8. The van der Waals surface area contributed by atoms with E-state index in [0.717, 1.165) is 35.2 Å². The maximum Gasteiger partial charge on any atom is 0.162 e. The van der Waals surface area contributed by atoms with Crippen molar-refractivity contribution in [2.45, 2.75) is 44.8 Å². The smallest absolute Gasteiger partial charge is 0.162 e. The SMILES string of the molecule is COc1cc(CC2(N)CC2)c(Br)cc1OC(C)C. The van der Waals surface area contributed by atoms with Gasteiger partial charge in [0.2, 0.25) is 0 Å². The Morgan fingerprint density at radius 1 is 1.33 bits per heavy atom. The highest BCUT2D eigenvalue weighted by molar-refractivity contribution is 9.10. The Bertz CT molecular complexity index is 442. The van der Waals surface area contributed by atoms with Gasteiger partial charge in [0.15, 0.2) is 11.5 Å². The highest BCUT2D eigenvalue weighted by Gasteiger charge is 2.38. The van der Waals surface area contributed by atoms with Crippen LogP contribution in [-0.4, -0.2) is 18.8 Å². The third-order valence-corrected chi connectivity index (χ3v) is 3.87. The molecule has 0 atom stereocenters. The van der Waals surface area contributed by atoms with Gasteiger partial charge in [-0.05, 0) is 50.8 Å². The van der Waals surface area contributed by atoms with E-state index in [1.54, 1.807) is 7.11 Å². The standard InChI is InChI=1S/C14H20BrNO2/c1-9(2)18-13-7-11(15)10(6-12(13)17-3)8-14(16)4-5-14/h6-7,9H,4-5,8,16H2,1-3H3. The summed E-state index contributed by atoms with van der Waals surface area (Å²) in [7, 11) is 1.66. The summed E-state index contributed by atoms with van der Waals surface area (Å²) in [6.45, 7) is 4.00. The molecule has 0 bridgehead atoms. The van der Waals surface area contributed by atoms with E-state index in [4.69, 9.17) is 15.2 Å². The first-order valence-corrected chi connectivity index (χ1v) is 7.05. The van der Waals surface area contributed by atoms with Gasteiger partial charge in [0, 0.05) is 10.0 Å². The van der Waals surface area contributed by atoms with Crippen LogP contribution in [0.1, 0.15) is 32.3 Å². The van der Waals surface area contributed by atoms with E-state index < -0.39 is 0 Å². The first-order valence-electron chi connectivity index (χ1n) is 6.25. The van der Waals surface area contributed by atoms with Gasteiger partial charge >= 0.3 is 0 Å². The lowest BCUT2D eigenvalue weighted by atomic mass is 10.0. The third-order valence-electron chi connectivity index (χ3n) is 3.13. The Kier molecular flexibility index (Phi) is 3.87. The zero-order valence-electron chi connectivity index (χ0n) is 11.1. The first-order chi connectivity index (χ1) is 8.43. The van der Waals surface area contributed by atoms with Gasteiger partial charge in [0.1, 0.15) is 0 Å². The largest absolute Gasteiger partial charge is 0.493 e. The van der Waals surface area contributed by atoms with Crippen molar-refractivity contribution in [1.82, 2.24) is 0 Å². The topological polar surface area (TPSA) is 44.5 Å². The molecule has 0 spiro atoms. The molecule has 0 aliphatic heterocycles. The Hall–Kier alpha value is -0.740. The van der Waals surface area contributed by atoms with Gasteiger partial charge < -0.3 is 15.2 Å². The van der Waals surface area contributed by atoms with Crippen LogP contribution in [0, 0.1) is 0 Å². The van der Waals surface area contributed by atoms with Crippen molar-refractivity contribution in [2.75, 3.05) is 7.11 Å². The van der Waals surface area contributed by atoms with Crippen LogP contribution < -0.4 is 15.2 Å². The van der Waals surface area contributed by atoms with Gasteiger partial charge in [-0.15, -0.1) is 0 Å². The van der Waals surface area contributed by atoms with Crippen molar-refractivity contribution in [3.63, 3.8) is 0 Å². The molecule has 1 fully saturated rings. The molecule has 2 rings (SSSR count). The number of hydrogen-bond acceptors (Lipinski definition) is 3. The van der Waals surface area contributed by atoms with Crippen molar-refractivity contribution in [3.05, 3.63) is 22.2 Å². The second kappa shape index (κ2) is 5.10. The summed E-state index contributed by atoms with van der Waals surface area (Å²) >= 11 is 3.59. The summed E-state index contributed by atoms with van der Waals surface area (Å²) in [4.78, 5) is 0. The van der Waals surface area contributed by atoms with Crippen molar-refractivity contribution < 1.29 is 9.47 Å². The number of nitrogens with two attached hydrogens (primary N) is 1. The van der Waals surface area contributed by atoms with Crippen LogP contribution >= 0.6 is 15.9 Å². The lowest BCUT2D eigenvalue weighted by molar-refractivity contribution is 0.230. The van der Waals surface area contributed by atoms with Crippen LogP contribution in [0.2, 0.25) is 0 Å². The Morgan fingerprint density at radius 2 is 2.00 bits per heavy atom. The molecule has 0 heterocycles. The number of ether oxygens (including phenoxy) is 2. The van der Waals surface area contributed by atoms with Crippen molar-refractivity contribution >= 4 is 15.9 Å². The molecule has 18 heavy (non-hydrogen) atoms. The van der Waals surface area contributed by atoms with E-state index in [2.05, 4.69) is 15.9 Å². The van der Waals surface area contributed by atoms with E-state index in [0.29, 0.717) is 0 Å². The number of methoxy groups -OCH3 is 1. The van der Waals surface area contributed by atoms with E-state index in [1.807, 2.05) is 26.0 Å². The van der Waals surface area contributed by atoms with Crippen LogP contribution in [0.15, 0.2) is 16.6 Å². The Morgan fingerprint density at radius 3 is 2.50 bits per heavy atom. The molecule has 4 heteroatoms. The number of benzene rings is 1. The van der Waals surface area contributed by atoms with Crippen molar-refractivity contribution in [1.29, 1.82) is 0 Å². The molecular weight excluding hydrogens is 294 g/mol. The maximum atomic E-state index is 6.16. The highest BCUT2D eigenvalue weighted by Crippen LogP contribution is 2.40. The van der Waals surface area contributed by atoms with Crippen LogP contribution in [0.4, 0.5) is 0 Å². The van der Waals surface area contributed by atoms with Gasteiger partial charge in [0.05, 0.1) is 13.2 Å². The molecule has 1 aromatic rings. The number of halogens is 1. The first kappa shape index (κ1) is 13.7. The fourth-order valence-corrected chi connectivity index (χ4v) is 2.40. The van der Waals surface area contributed by atoms with Gasteiger partial charge in [-0.25, -0.2) is 0 Å². The van der Waals surface area contributed by atoms with Gasteiger partial charge in [-0.1, -0.05) is 15.9 Å². The van der Waals surface area contributed by atoms with Crippen LogP contribution in [0.3, 0.4) is 0 Å². The molecule has 0 saturated heterocycles. The molecule has 1 aromatic carbocycles. The Balaban J connectivity index is 2.26. The van der Waals surface area contributed by atoms with Gasteiger partial charge in [-0.3, -0.25) is 0 Å². The summed E-state index contributed by atoms with van der Waals surface area (Å²) in [5.41, 5.74) is 7.34. The van der Waals surface area contributed by atoms with Crippen LogP contribution in [0.25, 0.3) is 0 Å². The van der Waals surface area contributed by atoms with Crippen LogP contribution in [0.5, 0.6) is 11.5 Å². The summed E-state index contributed by atoms with van der Waals surface area (Å²) in [5.74, 6) is 1.54. The quantitative estimate of drug-likeness (QED) is 0.907. The fraction of sp³-hybridized carbons (Fsp3) is 0.571. The molecule has 100 valence electrons. The van der Waals surface area contributed by atoms with Gasteiger partial charge in [0.25, 0.3) is 0 Å². The average molecular weight is 314 g/mol. The van der Waals surface area contributed by atoms with Gasteiger partial charge in [-0.2, -0.15) is 0 Å². The summed E-state index contributed by atoms with van der Waals surface area (Å²) in [5, 5.41) is 0. The lowest BCUT2D eigenvalue weighted by Gasteiger charge is -2.17. The molecule has 0 unspecified atom stereocenters. The average Bonchev–Trinajstić information content (AvgIpc) is 2.99. The minimum Gasteiger partial charge on any atom is -0.493 e. The maximum absolute atomic E-state index is 6.16. The van der Waals surface area contributed by atoms with E-state index in [9.17, 15) is 0 Å². The van der Waals surface area contributed by atoms with E-state index in [-0.39, 0.29) is 11.6 Å². The minimum absolute atomic E-state index is 0.00600. The second-order valence-electron chi connectivity index (χ2n) is 5.30. The fourth-order valence-electron chi connectivity index (χ4n) is 1.93. The zero-order chi connectivity index (χ0) is 13.3. The molecular formula is C14H20BrNO2. The zero-order valence-corrected chi connectivity index (χ0v) is 12.7. The molecule has 0 radical (unpaired) electrons. The predicted octanol–water partition coefficient (Wildman–Crippen LogP) is 3.28. The number of rotatable bonds is 5. The second-order valence-corrected chi connectivity index (χ2v) is 6.15. The predicted molar refractivity (Wildman–Crippen MR) is 76.3 cm³/mol. The third kappa shape index (κ3) is 3.18. The summed E-state index contributed by atoms with van der Waals surface area (Å²) < 4.78 is 12.2. The molecule has 3 nitrogen and oxygen atoms in total. The molecule has 1 saturated carbocycles. The van der Waals surface area contributed by atoms with Crippen molar-refractivity contribution in [2.24, 2.45) is 5.73 Å². The molecule has 2 N–H and O–H groups in total. The molecule has 0 aromatic heterocycles. The van der Waals surface area contributed by atoms with E-state index in [1.165, 1.54) is 5.56 Å². The monoisotopic (exact) mass is 313 g/mol. The molecule has 1 aliphatic carbocycles. The summed E-state index contributed by atoms with van der Waals surface area (Å²) in [6.07, 6.45) is 3.21. The highest BCUT2D eigenvalue weighted by atomic mass is 79.9. The lowest BCUT2D eigenvalue weighted by Crippen LogP contribution is -2.24. The minimum atomic E-state index is -0.00600. The molecule has 0 amide bonds. The summed E-state index contributed by atoms with van der Waals surface area (Å²) in [6, 6.07) is 3.99. The van der Waals surface area contributed by atoms with Crippen molar-refractivity contribution in [3.8, 4) is 11.5 Å². The van der Waals surface area contributed by atoms with E-state index >= 15 is 0 Å².